The van der Waals surface area contributed by atoms with Gasteiger partial charge in [-0.3, -0.25) is 13.9 Å². The SMILES string of the molecule is CCCCNC(=O)C(Cc1ccccc1)N(Cc1c(Cl)cccc1Cl)C(=O)CN(c1cccc(OC)c1)S(C)(=O)=O. The monoisotopic (exact) mass is 619 g/mol. The first-order valence-corrected chi connectivity index (χ1v) is 15.8. The maximum atomic E-state index is 14.1. The molecule has 0 saturated carbocycles. The molecule has 0 saturated heterocycles. The van der Waals surface area contributed by atoms with Crippen molar-refractivity contribution >= 4 is 50.7 Å². The van der Waals surface area contributed by atoms with Gasteiger partial charge in [0.2, 0.25) is 21.8 Å². The van der Waals surface area contributed by atoms with Crippen molar-refractivity contribution in [3.8, 4) is 5.75 Å². The molecule has 3 aromatic rings. The van der Waals surface area contributed by atoms with Crippen molar-refractivity contribution in [2.45, 2.75) is 38.8 Å². The number of halogens is 2. The summed E-state index contributed by atoms with van der Waals surface area (Å²) in [5.41, 5.74) is 1.54. The molecule has 0 radical (unpaired) electrons. The molecule has 41 heavy (non-hydrogen) atoms. The number of nitrogens with zero attached hydrogens (tertiary/aromatic N) is 2. The van der Waals surface area contributed by atoms with E-state index in [0.717, 1.165) is 29.0 Å². The molecule has 0 aromatic heterocycles. The second-order valence-electron chi connectivity index (χ2n) is 9.54. The van der Waals surface area contributed by atoms with E-state index >= 15 is 0 Å². The molecule has 0 heterocycles. The van der Waals surface area contributed by atoms with E-state index in [0.29, 0.717) is 27.9 Å². The van der Waals surface area contributed by atoms with E-state index in [1.165, 1.54) is 18.1 Å². The molecule has 0 aliphatic carbocycles. The van der Waals surface area contributed by atoms with E-state index in [-0.39, 0.29) is 24.6 Å². The lowest BCUT2D eigenvalue weighted by molar-refractivity contribution is -0.140. The number of nitrogens with one attached hydrogen (secondary N) is 1. The Labute approximate surface area is 252 Å². The Bertz CT molecular complexity index is 1420. The van der Waals surface area contributed by atoms with Crippen molar-refractivity contribution in [3.05, 3.63) is 94.0 Å². The molecule has 11 heteroatoms. The number of anilines is 1. The molecule has 0 aliphatic rings. The number of benzene rings is 3. The second-order valence-corrected chi connectivity index (χ2v) is 12.3. The average Bonchev–Trinajstić information content (AvgIpc) is 2.94. The van der Waals surface area contributed by atoms with Crippen LogP contribution >= 0.6 is 23.2 Å². The number of unbranched alkanes of at least 4 members (excludes halogenated alkanes) is 1. The van der Waals surface area contributed by atoms with Gasteiger partial charge in [-0.05, 0) is 36.2 Å². The van der Waals surface area contributed by atoms with Gasteiger partial charge >= 0.3 is 0 Å². The molecule has 2 amide bonds. The van der Waals surface area contributed by atoms with Gasteiger partial charge in [0, 0.05) is 41.2 Å². The van der Waals surface area contributed by atoms with Crippen molar-refractivity contribution in [1.82, 2.24) is 10.2 Å². The molecule has 0 spiro atoms. The molecule has 0 bridgehead atoms. The summed E-state index contributed by atoms with van der Waals surface area (Å²) in [6.07, 6.45) is 2.87. The van der Waals surface area contributed by atoms with Crippen LogP contribution in [0.5, 0.6) is 5.75 Å². The van der Waals surface area contributed by atoms with Crippen molar-refractivity contribution in [2.24, 2.45) is 0 Å². The van der Waals surface area contributed by atoms with Crippen LogP contribution < -0.4 is 14.4 Å². The molecular formula is C30H35Cl2N3O5S. The molecule has 1 atom stereocenters. The molecule has 8 nitrogen and oxygen atoms in total. The Hall–Kier alpha value is -3.27. The fourth-order valence-electron chi connectivity index (χ4n) is 4.29. The minimum atomic E-state index is -3.91. The summed E-state index contributed by atoms with van der Waals surface area (Å²) in [6, 6.07) is 19.7. The maximum absolute atomic E-state index is 14.1. The van der Waals surface area contributed by atoms with Gasteiger partial charge < -0.3 is 15.0 Å². The largest absolute Gasteiger partial charge is 0.497 e. The molecule has 3 aromatic carbocycles. The molecule has 1 N–H and O–H groups in total. The number of sulfonamides is 1. The first-order chi connectivity index (χ1) is 19.5. The highest BCUT2D eigenvalue weighted by Crippen LogP contribution is 2.28. The number of carbonyl (C=O) groups is 2. The van der Waals surface area contributed by atoms with Crippen LogP contribution in [0.1, 0.15) is 30.9 Å². The quantitative estimate of drug-likeness (QED) is 0.246. The number of carbonyl (C=O) groups excluding carboxylic acids is 2. The zero-order chi connectivity index (χ0) is 30.0. The molecule has 1 unspecified atom stereocenters. The summed E-state index contributed by atoms with van der Waals surface area (Å²) >= 11 is 13.0. The smallest absolute Gasteiger partial charge is 0.244 e. The Kier molecular flexibility index (Phi) is 11.9. The Morgan fingerprint density at radius 3 is 2.24 bits per heavy atom. The van der Waals surface area contributed by atoms with Crippen LogP contribution in [0.25, 0.3) is 0 Å². The maximum Gasteiger partial charge on any atom is 0.244 e. The first-order valence-electron chi connectivity index (χ1n) is 13.2. The number of rotatable bonds is 14. The minimum absolute atomic E-state index is 0.105. The van der Waals surface area contributed by atoms with Gasteiger partial charge in [0.1, 0.15) is 18.3 Å². The lowest BCUT2D eigenvalue weighted by atomic mass is 10.0. The van der Waals surface area contributed by atoms with Crippen LogP contribution in [0.4, 0.5) is 5.69 Å². The summed E-state index contributed by atoms with van der Waals surface area (Å²) in [5, 5.41) is 3.59. The van der Waals surface area contributed by atoms with E-state index in [1.54, 1.807) is 36.4 Å². The Morgan fingerprint density at radius 2 is 1.63 bits per heavy atom. The average molecular weight is 621 g/mol. The molecule has 0 fully saturated rings. The topological polar surface area (TPSA) is 96.0 Å². The van der Waals surface area contributed by atoms with Gasteiger partial charge in [0.15, 0.2) is 0 Å². The highest BCUT2D eigenvalue weighted by molar-refractivity contribution is 7.92. The highest BCUT2D eigenvalue weighted by atomic mass is 35.5. The molecule has 220 valence electrons. The van der Waals surface area contributed by atoms with Gasteiger partial charge in [0.25, 0.3) is 0 Å². The predicted octanol–water partition coefficient (Wildman–Crippen LogP) is 5.32. The number of ether oxygens (including phenoxy) is 1. The van der Waals surface area contributed by atoms with Gasteiger partial charge in [-0.15, -0.1) is 0 Å². The lowest BCUT2D eigenvalue weighted by Gasteiger charge is -2.34. The van der Waals surface area contributed by atoms with Crippen molar-refractivity contribution < 1.29 is 22.7 Å². The lowest BCUT2D eigenvalue weighted by Crippen LogP contribution is -2.53. The summed E-state index contributed by atoms with van der Waals surface area (Å²) in [6.45, 7) is 1.79. The van der Waals surface area contributed by atoms with E-state index in [9.17, 15) is 18.0 Å². The Balaban J connectivity index is 2.08. The molecular weight excluding hydrogens is 585 g/mol. The van der Waals surface area contributed by atoms with Crippen LogP contribution in [-0.2, 0) is 32.6 Å². The predicted molar refractivity (Wildman–Crippen MR) is 164 cm³/mol. The number of hydrogen-bond donors (Lipinski definition) is 1. The normalized spacial score (nSPS) is 11.9. The fraction of sp³-hybridized carbons (Fsp3) is 0.333. The van der Waals surface area contributed by atoms with Crippen LogP contribution in [0.2, 0.25) is 10.0 Å². The zero-order valence-electron chi connectivity index (χ0n) is 23.3. The third-order valence-electron chi connectivity index (χ3n) is 6.51. The Morgan fingerprint density at radius 1 is 0.976 bits per heavy atom. The van der Waals surface area contributed by atoms with Gasteiger partial charge in [-0.1, -0.05) is 79.0 Å². The molecule has 3 rings (SSSR count). The van der Waals surface area contributed by atoms with Crippen molar-refractivity contribution in [2.75, 3.05) is 30.8 Å². The third kappa shape index (κ3) is 9.11. The van der Waals surface area contributed by atoms with Crippen molar-refractivity contribution in [1.29, 1.82) is 0 Å². The van der Waals surface area contributed by atoms with Gasteiger partial charge in [-0.2, -0.15) is 0 Å². The highest BCUT2D eigenvalue weighted by Gasteiger charge is 2.33. The zero-order valence-corrected chi connectivity index (χ0v) is 25.7. The summed E-state index contributed by atoms with van der Waals surface area (Å²) in [5.74, 6) is -0.521. The van der Waals surface area contributed by atoms with Crippen LogP contribution in [0.15, 0.2) is 72.8 Å². The van der Waals surface area contributed by atoms with E-state index in [1.807, 2.05) is 37.3 Å². The number of amides is 2. The standard InChI is InChI=1S/C30H35Cl2N3O5S/c1-4-5-17-33-30(37)28(18-22-11-7-6-8-12-22)34(20-25-26(31)15-10-16-27(25)32)29(36)21-35(41(3,38)39)23-13-9-14-24(19-23)40-2/h6-16,19,28H,4-5,17-18,20-21H2,1-3H3,(H,33,37). The van der Waals surface area contributed by atoms with Gasteiger partial charge in [-0.25, -0.2) is 8.42 Å². The summed E-state index contributed by atoms with van der Waals surface area (Å²) in [4.78, 5) is 29.1. The molecule has 0 aliphatic heterocycles. The van der Waals surface area contributed by atoms with Gasteiger partial charge in [0.05, 0.1) is 19.1 Å². The van der Waals surface area contributed by atoms with Crippen LogP contribution in [-0.4, -0.2) is 57.6 Å². The minimum Gasteiger partial charge on any atom is -0.497 e. The van der Waals surface area contributed by atoms with E-state index in [4.69, 9.17) is 27.9 Å². The number of hydrogen-bond acceptors (Lipinski definition) is 5. The third-order valence-corrected chi connectivity index (χ3v) is 8.36. The first kappa shape index (κ1) is 32.2. The summed E-state index contributed by atoms with van der Waals surface area (Å²) < 4.78 is 32.1. The van der Waals surface area contributed by atoms with E-state index in [2.05, 4.69) is 5.32 Å². The van der Waals surface area contributed by atoms with Crippen molar-refractivity contribution in [3.63, 3.8) is 0 Å². The number of methoxy groups -OCH3 is 1. The van der Waals surface area contributed by atoms with E-state index < -0.39 is 28.5 Å². The van der Waals surface area contributed by atoms with Crippen LogP contribution in [0.3, 0.4) is 0 Å². The second kappa shape index (κ2) is 15.1. The summed E-state index contributed by atoms with van der Waals surface area (Å²) in [7, 11) is -2.44. The van der Waals surface area contributed by atoms with Crippen LogP contribution in [0, 0.1) is 0 Å². The fourth-order valence-corrected chi connectivity index (χ4v) is 5.65.